The van der Waals surface area contributed by atoms with Gasteiger partial charge in [-0.25, -0.2) is 0 Å². The van der Waals surface area contributed by atoms with Crippen LogP contribution in [0.2, 0.25) is 0 Å². The molecule has 4 heteroatoms. The number of carbonyl (C=O) groups is 1. The summed E-state index contributed by atoms with van der Waals surface area (Å²) in [7, 11) is 0. The highest BCUT2D eigenvalue weighted by Crippen LogP contribution is 2.23. The van der Waals surface area contributed by atoms with Crippen LogP contribution in [-0.4, -0.2) is 15.5 Å². The number of aromatic nitrogens is 2. The summed E-state index contributed by atoms with van der Waals surface area (Å²) in [5.41, 5.74) is 5.06. The van der Waals surface area contributed by atoms with Crippen LogP contribution >= 0.6 is 0 Å². The standard InChI is InChI=1S/C21H23N3O/c1-4-24-14-19(17-9-7-15(2)8-10-17)12-20(24)21(25)23-16(3)18-6-5-11-22-13-18/h5-14,16H,4H2,1-3H3,(H,23,25)/t16-/m0/s1. The number of aryl methyl sites for hydroxylation is 2. The zero-order valence-corrected chi connectivity index (χ0v) is 14.9. The molecule has 2 aromatic heterocycles. The second kappa shape index (κ2) is 7.34. The average molecular weight is 333 g/mol. The minimum atomic E-state index is -0.0933. The van der Waals surface area contributed by atoms with Crippen molar-refractivity contribution >= 4 is 5.91 Å². The Hall–Kier alpha value is -2.88. The van der Waals surface area contributed by atoms with E-state index in [1.165, 1.54) is 5.56 Å². The molecule has 3 aromatic rings. The van der Waals surface area contributed by atoms with Gasteiger partial charge in [0.1, 0.15) is 5.69 Å². The van der Waals surface area contributed by atoms with Gasteiger partial charge in [-0.3, -0.25) is 9.78 Å². The molecule has 4 nitrogen and oxygen atoms in total. The van der Waals surface area contributed by atoms with Crippen molar-refractivity contribution in [2.75, 3.05) is 0 Å². The Balaban J connectivity index is 1.83. The maximum atomic E-state index is 12.8. The normalized spacial score (nSPS) is 12.0. The molecule has 0 aliphatic heterocycles. The summed E-state index contributed by atoms with van der Waals surface area (Å²) in [6, 6.07) is 14.1. The lowest BCUT2D eigenvalue weighted by Gasteiger charge is -2.14. The molecule has 2 heterocycles. The van der Waals surface area contributed by atoms with Gasteiger partial charge in [0.25, 0.3) is 5.91 Å². The van der Waals surface area contributed by atoms with Crippen molar-refractivity contribution in [3.63, 3.8) is 0 Å². The van der Waals surface area contributed by atoms with Crippen molar-refractivity contribution in [2.45, 2.75) is 33.4 Å². The van der Waals surface area contributed by atoms with Crippen LogP contribution in [0.15, 0.2) is 61.1 Å². The summed E-state index contributed by atoms with van der Waals surface area (Å²) in [5, 5.41) is 3.06. The SMILES string of the molecule is CCn1cc(-c2ccc(C)cc2)cc1C(=O)N[C@@H](C)c1cccnc1. The van der Waals surface area contributed by atoms with Crippen LogP contribution in [0.4, 0.5) is 0 Å². The van der Waals surface area contributed by atoms with E-state index in [0.29, 0.717) is 5.69 Å². The molecule has 128 valence electrons. The molecule has 0 bridgehead atoms. The molecule has 25 heavy (non-hydrogen) atoms. The number of benzene rings is 1. The molecule has 0 unspecified atom stereocenters. The Labute approximate surface area is 148 Å². The number of pyridine rings is 1. The molecule has 0 aliphatic carbocycles. The summed E-state index contributed by atoms with van der Waals surface area (Å²) in [6.45, 7) is 6.82. The first-order valence-electron chi connectivity index (χ1n) is 8.56. The number of hydrogen-bond donors (Lipinski definition) is 1. The Morgan fingerprint density at radius 2 is 1.96 bits per heavy atom. The van der Waals surface area contributed by atoms with Crippen molar-refractivity contribution in [1.29, 1.82) is 0 Å². The Kier molecular flexibility index (Phi) is 4.98. The summed E-state index contributed by atoms with van der Waals surface area (Å²) < 4.78 is 1.99. The molecule has 0 radical (unpaired) electrons. The van der Waals surface area contributed by atoms with E-state index in [2.05, 4.69) is 41.5 Å². The van der Waals surface area contributed by atoms with Crippen molar-refractivity contribution in [3.8, 4) is 11.1 Å². The van der Waals surface area contributed by atoms with Crippen LogP contribution < -0.4 is 5.32 Å². The van der Waals surface area contributed by atoms with E-state index in [1.54, 1.807) is 12.4 Å². The Bertz CT molecular complexity index is 851. The number of nitrogens with zero attached hydrogens (tertiary/aromatic N) is 2. The molecule has 0 fully saturated rings. The van der Waals surface area contributed by atoms with E-state index in [0.717, 1.165) is 23.2 Å². The summed E-state index contributed by atoms with van der Waals surface area (Å²) in [4.78, 5) is 16.9. The lowest BCUT2D eigenvalue weighted by atomic mass is 10.1. The molecule has 0 saturated heterocycles. The highest BCUT2D eigenvalue weighted by Gasteiger charge is 2.16. The van der Waals surface area contributed by atoms with E-state index >= 15 is 0 Å². The lowest BCUT2D eigenvalue weighted by molar-refractivity contribution is 0.0930. The van der Waals surface area contributed by atoms with E-state index in [-0.39, 0.29) is 11.9 Å². The third-order valence-electron chi connectivity index (χ3n) is 4.39. The molecule has 0 saturated carbocycles. The minimum absolute atomic E-state index is 0.0726. The predicted molar refractivity (Wildman–Crippen MR) is 100 cm³/mol. The van der Waals surface area contributed by atoms with Crippen molar-refractivity contribution < 1.29 is 4.79 Å². The third kappa shape index (κ3) is 3.79. The van der Waals surface area contributed by atoms with E-state index in [1.807, 2.05) is 42.8 Å². The van der Waals surface area contributed by atoms with E-state index in [4.69, 9.17) is 0 Å². The molecule has 1 aromatic carbocycles. The van der Waals surface area contributed by atoms with Gasteiger partial charge >= 0.3 is 0 Å². The lowest BCUT2D eigenvalue weighted by Crippen LogP contribution is -2.28. The molecular formula is C21H23N3O. The van der Waals surface area contributed by atoms with Gasteiger partial charge in [0.2, 0.25) is 0 Å². The molecule has 1 atom stereocenters. The van der Waals surface area contributed by atoms with Crippen molar-refractivity contribution in [2.24, 2.45) is 0 Å². The van der Waals surface area contributed by atoms with Crippen LogP contribution in [0, 0.1) is 6.92 Å². The maximum absolute atomic E-state index is 12.8. The van der Waals surface area contributed by atoms with Crippen LogP contribution in [0.5, 0.6) is 0 Å². The van der Waals surface area contributed by atoms with Gasteiger partial charge in [0, 0.05) is 30.7 Å². The van der Waals surface area contributed by atoms with Crippen LogP contribution in [0.3, 0.4) is 0 Å². The summed E-state index contributed by atoms with van der Waals surface area (Å²) >= 11 is 0. The zero-order chi connectivity index (χ0) is 17.8. The van der Waals surface area contributed by atoms with Gasteiger partial charge in [0.05, 0.1) is 6.04 Å². The predicted octanol–water partition coefficient (Wildman–Crippen LogP) is 4.37. The first kappa shape index (κ1) is 17.0. The number of amides is 1. The fourth-order valence-electron chi connectivity index (χ4n) is 2.85. The summed E-state index contributed by atoms with van der Waals surface area (Å²) in [6.07, 6.45) is 5.55. The van der Waals surface area contributed by atoms with E-state index in [9.17, 15) is 4.79 Å². The van der Waals surface area contributed by atoms with Gasteiger partial charge in [0.15, 0.2) is 0 Å². The maximum Gasteiger partial charge on any atom is 0.268 e. The first-order chi connectivity index (χ1) is 12.1. The highest BCUT2D eigenvalue weighted by atomic mass is 16.2. The van der Waals surface area contributed by atoms with Crippen LogP contribution in [0.25, 0.3) is 11.1 Å². The van der Waals surface area contributed by atoms with Crippen molar-refractivity contribution in [1.82, 2.24) is 14.9 Å². The molecule has 1 amide bonds. The van der Waals surface area contributed by atoms with Gasteiger partial charge < -0.3 is 9.88 Å². The fraction of sp³-hybridized carbons (Fsp3) is 0.238. The second-order valence-corrected chi connectivity index (χ2v) is 6.25. The topological polar surface area (TPSA) is 46.9 Å². The van der Waals surface area contributed by atoms with E-state index < -0.39 is 0 Å². The fourth-order valence-corrected chi connectivity index (χ4v) is 2.85. The third-order valence-corrected chi connectivity index (χ3v) is 4.39. The van der Waals surface area contributed by atoms with Crippen molar-refractivity contribution in [3.05, 3.63) is 77.9 Å². The van der Waals surface area contributed by atoms with Gasteiger partial charge in [-0.1, -0.05) is 35.9 Å². The van der Waals surface area contributed by atoms with Crippen LogP contribution in [0.1, 0.15) is 41.5 Å². The molecule has 1 N–H and O–H groups in total. The largest absolute Gasteiger partial charge is 0.344 e. The zero-order valence-electron chi connectivity index (χ0n) is 14.9. The van der Waals surface area contributed by atoms with Crippen LogP contribution in [-0.2, 0) is 6.54 Å². The summed E-state index contributed by atoms with van der Waals surface area (Å²) in [5.74, 6) is -0.0726. The number of nitrogens with one attached hydrogen (secondary N) is 1. The number of hydrogen-bond acceptors (Lipinski definition) is 2. The molecule has 0 aliphatic rings. The first-order valence-corrected chi connectivity index (χ1v) is 8.56. The highest BCUT2D eigenvalue weighted by molar-refractivity contribution is 5.94. The number of rotatable bonds is 5. The van der Waals surface area contributed by atoms with Gasteiger partial charge in [-0.2, -0.15) is 0 Å². The molecule has 0 spiro atoms. The quantitative estimate of drug-likeness (QED) is 0.753. The average Bonchev–Trinajstić information content (AvgIpc) is 3.07. The Morgan fingerprint density at radius 3 is 2.60 bits per heavy atom. The number of carbonyl (C=O) groups excluding carboxylic acids is 1. The van der Waals surface area contributed by atoms with Gasteiger partial charge in [-0.15, -0.1) is 0 Å². The Morgan fingerprint density at radius 1 is 1.20 bits per heavy atom. The van der Waals surface area contributed by atoms with Gasteiger partial charge in [-0.05, 0) is 44.0 Å². The smallest absolute Gasteiger partial charge is 0.268 e. The monoisotopic (exact) mass is 333 g/mol. The minimum Gasteiger partial charge on any atom is -0.344 e. The molecule has 3 rings (SSSR count). The molecular weight excluding hydrogens is 310 g/mol. The second-order valence-electron chi connectivity index (χ2n) is 6.25.